The van der Waals surface area contributed by atoms with Crippen LogP contribution in [0.15, 0.2) is 12.5 Å². The molecule has 1 aromatic heterocycles. The first-order chi connectivity index (χ1) is 14.4. The summed E-state index contributed by atoms with van der Waals surface area (Å²) in [5.74, 6) is -2.09. The Labute approximate surface area is 179 Å². The summed E-state index contributed by atoms with van der Waals surface area (Å²) in [6.07, 6.45) is 17.6. The average Bonchev–Trinajstić information content (AvgIpc) is 3.18. The van der Waals surface area contributed by atoms with Gasteiger partial charge in [-0.15, -0.1) is 0 Å². The van der Waals surface area contributed by atoms with Crippen LogP contribution in [-0.4, -0.2) is 44.1 Å². The Morgan fingerprint density at radius 2 is 1.50 bits per heavy atom. The molecule has 1 unspecified atom stereocenters. The molecule has 8 nitrogen and oxygen atoms in total. The number of rotatable bonds is 16. The van der Waals surface area contributed by atoms with Crippen molar-refractivity contribution in [2.45, 2.75) is 103 Å². The van der Waals surface area contributed by atoms with Gasteiger partial charge in [0.05, 0.1) is 12.0 Å². The largest absolute Gasteiger partial charge is 0.481 e. The smallest absolute Gasteiger partial charge is 0.326 e. The molecule has 30 heavy (non-hydrogen) atoms. The highest BCUT2D eigenvalue weighted by atomic mass is 16.4. The van der Waals surface area contributed by atoms with Gasteiger partial charge in [-0.1, -0.05) is 71.1 Å². The zero-order valence-corrected chi connectivity index (χ0v) is 18.5. The number of amides is 1. The van der Waals surface area contributed by atoms with Gasteiger partial charge in [0, 0.05) is 26.0 Å². The molecule has 0 fully saturated rings. The van der Waals surface area contributed by atoms with Crippen LogP contribution in [0.3, 0.4) is 0 Å². The minimum Gasteiger partial charge on any atom is -0.481 e. The predicted octanol–water partition coefficient (Wildman–Crippen LogP) is 4.31. The maximum absolute atomic E-state index is 10.7. The Balaban J connectivity index is 0.000000564. The molecule has 172 valence electrons. The van der Waals surface area contributed by atoms with E-state index in [-0.39, 0.29) is 12.3 Å². The summed E-state index contributed by atoms with van der Waals surface area (Å²) in [5.41, 5.74) is 0.603. The van der Waals surface area contributed by atoms with E-state index in [1.165, 1.54) is 71.0 Å². The number of nitrogens with zero attached hydrogens (tertiary/aromatic N) is 1. The first-order valence-corrected chi connectivity index (χ1v) is 11.1. The van der Waals surface area contributed by atoms with E-state index in [2.05, 4.69) is 22.2 Å². The molecule has 1 atom stereocenters. The second kappa shape index (κ2) is 18.6. The monoisotopic (exact) mass is 425 g/mol. The molecule has 0 aliphatic rings. The third-order valence-electron chi connectivity index (χ3n) is 4.64. The highest BCUT2D eigenvalue weighted by Gasteiger charge is 2.19. The third kappa shape index (κ3) is 17.7. The molecule has 0 saturated heterocycles. The van der Waals surface area contributed by atoms with Gasteiger partial charge in [0.2, 0.25) is 5.91 Å². The second-order valence-electron chi connectivity index (χ2n) is 7.54. The van der Waals surface area contributed by atoms with Crippen molar-refractivity contribution in [3.8, 4) is 0 Å². The first-order valence-electron chi connectivity index (χ1n) is 11.1. The van der Waals surface area contributed by atoms with Crippen LogP contribution >= 0.6 is 0 Å². The van der Waals surface area contributed by atoms with Crippen LogP contribution in [0.1, 0.15) is 96.6 Å². The Morgan fingerprint density at radius 1 is 0.967 bits per heavy atom. The van der Waals surface area contributed by atoms with E-state index < -0.39 is 18.0 Å². The SMILES string of the molecule is CC(=O)NC(Cc1c[nH]cn1)C(=O)O.CCCCCCCCCCCCCC(=O)O. The molecule has 1 aromatic rings. The number of nitrogens with one attached hydrogen (secondary N) is 2. The Kier molecular flexibility index (Phi) is 17.2. The summed E-state index contributed by atoms with van der Waals surface area (Å²) >= 11 is 0. The average molecular weight is 426 g/mol. The number of aliphatic carboxylic acids is 2. The molecule has 1 amide bonds. The van der Waals surface area contributed by atoms with Gasteiger partial charge in [0.25, 0.3) is 0 Å². The minimum absolute atomic E-state index is 0.179. The van der Waals surface area contributed by atoms with Crippen molar-refractivity contribution in [1.82, 2.24) is 15.3 Å². The van der Waals surface area contributed by atoms with Crippen molar-refractivity contribution in [2.75, 3.05) is 0 Å². The zero-order valence-electron chi connectivity index (χ0n) is 18.5. The van der Waals surface area contributed by atoms with Crippen LogP contribution < -0.4 is 5.32 Å². The van der Waals surface area contributed by atoms with Crippen molar-refractivity contribution in [1.29, 1.82) is 0 Å². The standard InChI is InChI=1S/C14H28O2.C8H11N3O3/c1-2-3-4-5-6-7-8-9-10-11-12-13-14(15)16;1-5(12)11-7(8(13)14)2-6-3-9-4-10-6/h2-13H2,1H3,(H,15,16);3-4,7H,2H2,1H3,(H,9,10)(H,11,12)(H,13,14). The quantitative estimate of drug-likeness (QED) is 0.292. The topological polar surface area (TPSA) is 132 Å². The molecule has 0 saturated carbocycles. The lowest BCUT2D eigenvalue weighted by atomic mass is 10.1. The van der Waals surface area contributed by atoms with Crippen LogP contribution in [0, 0.1) is 0 Å². The number of aromatic amines is 1. The molecule has 0 radical (unpaired) electrons. The lowest BCUT2D eigenvalue weighted by Gasteiger charge is -2.10. The number of H-pyrrole nitrogens is 1. The highest BCUT2D eigenvalue weighted by molar-refractivity contribution is 5.82. The fourth-order valence-corrected chi connectivity index (χ4v) is 3.00. The molecule has 0 spiro atoms. The fraction of sp³-hybridized carbons (Fsp3) is 0.727. The van der Waals surface area contributed by atoms with E-state index in [1.807, 2.05) is 0 Å². The van der Waals surface area contributed by atoms with Crippen molar-refractivity contribution >= 4 is 17.8 Å². The van der Waals surface area contributed by atoms with Gasteiger partial charge in [-0.2, -0.15) is 0 Å². The van der Waals surface area contributed by atoms with Crippen molar-refractivity contribution < 1.29 is 24.6 Å². The van der Waals surface area contributed by atoms with E-state index in [0.717, 1.165) is 12.8 Å². The van der Waals surface area contributed by atoms with Crippen LogP contribution in [0.2, 0.25) is 0 Å². The zero-order chi connectivity index (χ0) is 22.6. The van der Waals surface area contributed by atoms with Crippen molar-refractivity contribution in [3.05, 3.63) is 18.2 Å². The van der Waals surface area contributed by atoms with Crippen LogP contribution in [0.5, 0.6) is 0 Å². The van der Waals surface area contributed by atoms with Gasteiger partial charge in [-0.3, -0.25) is 9.59 Å². The first kappa shape index (κ1) is 27.6. The van der Waals surface area contributed by atoms with Crippen molar-refractivity contribution in [3.63, 3.8) is 0 Å². The number of carbonyl (C=O) groups excluding carboxylic acids is 1. The molecule has 0 aromatic carbocycles. The van der Waals surface area contributed by atoms with Crippen molar-refractivity contribution in [2.24, 2.45) is 0 Å². The van der Waals surface area contributed by atoms with E-state index >= 15 is 0 Å². The third-order valence-corrected chi connectivity index (χ3v) is 4.64. The summed E-state index contributed by atoms with van der Waals surface area (Å²) in [6.45, 7) is 3.53. The van der Waals surface area contributed by atoms with Crippen LogP contribution in [0.25, 0.3) is 0 Å². The molecule has 0 aliphatic heterocycles. The van der Waals surface area contributed by atoms with E-state index in [9.17, 15) is 14.4 Å². The number of hydrogen-bond acceptors (Lipinski definition) is 4. The van der Waals surface area contributed by atoms with E-state index in [4.69, 9.17) is 10.2 Å². The van der Waals surface area contributed by atoms with Gasteiger partial charge in [-0.05, 0) is 6.42 Å². The number of carboxylic acid groups (broad SMARTS) is 2. The minimum atomic E-state index is -1.07. The summed E-state index contributed by atoms with van der Waals surface area (Å²) in [6, 6.07) is -0.921. The lowest BCUT2D eigenvalue weighted by molar-refractivity contribution is -0.141. The molecular formula is C22H39N3O5. The molecule has 0 aliphatic carbocycles. The highest BCUT2D eigenvalue weighted by Crippen LogP contribution is 2.11. The fourth-order valence-electron chi connectivity index (χ4n) is 3.00. The summed E-state index contributed by atoms with van der Waals surface area (Å²) in [7, 11) is 0. The second-order valence-corrected chi connectivity index (χ2v) is 7.54. The number of unbranched alkanes of at least 4 members (excludes halogenated alkanes) is 10. The molecule has 1 rings (SSSR count). The molecule has 1 heterocycles. The molecule has 4 N–H and O–H groups in total. The maximum atomic E-state index is 10.7. The van der Waals surface area contributed by atoms with Gasteiger partial charge in [0.1, 0.15) is 6.04 Å². The van der Waals surface area contributed by atoms with Gasteiger partial charge < -0.3 is 20.5 Å². The lowest BCUT2D eigenvalue weighted by Crippen LogP contribution is -2.41. The molecule has 0 bridgehead atoms. The van der Waals surface area contributed by atoms with E-state index in [0.29, 0.717) is 12.1 Å². The number of imidazole rings is 1. The normalized spacial score (nSPS) is 11.3. The van der Waals surface area contributed by atoms with Crippen LogP contribution in [0.4, 0.5) is 0 Å². The molecule has 8 heteroatoms. The summed E-state index contributed by atoms with van der Waals surface area (Å²) < 4.78 is 0. The molecular weight excluding hydrogens is 386 g/mol. The van der Waals surface area contributed by atoms with E-state index in [1.54, 1.807) is 6.20 Å². The van der Waals surface area contributed by atoms with Crippen LogP contribution in [-0.2, 0) is 20.8 Å². The number of carbonyl (C=O) groups is 3. The Bertz CT molecular complexity index is 575. The number of hydrogen-bond donors (Lipinski definition) is 4. The Morgan fingerprint density at radius 3 is 1.90 bits per heavy atom. The Hall–Kier alpha value is -2.38. The van der Waals surface area contributed by atoms with Gasteiger partial charge in [-0.25, -0.2) is 9.78 Å². The van der Waals surface area contributed by atoms with Gasteiger partial charge >= 0.3 is 11.9 Å². The van der Waals surface area contributed by atoms with Gasteiger partial charge in [0.15, 0.2) is 0 Å². The number of aromatic nitrogens is 2. The summed E-state index contributed by atoms with van der Waals surface area (Å²) in [5, 5.41) is 19.6. The maximum Gasteiger partial charge on any atom is 0.326 e. The number of carboxylic acids is 2. The predicted molar refractivity (Wildman–Crippen MR) is 116 cm³/mol. The summed E-state index contributed by atoms with van der Waals surface area (Å²) in [4.78, 5) is 38.2.